The van der Waals surface area contributed by atoms with Crippen molar-refractivity contribution in [1.29, 1.82) is 0 Å². The van der Waals surface area contributed by atoms with Crippen molar-refractivity contribution in [2.75, 3.05) is 12.4 Å². The minimum Gasteiger partial charge on any atom is -0.497 e. The van der Waals surface area contributed by atoms with Gasteiger partial charge in [-0.05, 0) is 80.8 Å². The van der Waals surface area contributed by atoms with Crippen molar-refractivity contribution in [1.82, 2.24) is 4.98 Å². The predicted molar refractivity (Wildman–Crippen MR) is 154 cm³/mol. The SMILES string of the molecule is CCc1sc(NC(=O)c2cc3cc(OC)ccc3oc2=Nc2ccc(C)cc2)nc1-c1ccc(C)c(C)c1. The quantitative estimate of drug-likeness (QED) is 0.249. The first kappa shape index (κ1) is 25.4. The third-order valence-corrected chi connectivity index (χ3v) is 7.60. The Kier molecular flexibility index (Phi) is 7.11. The number of nitrogens with one attached hydrogen (secondary N) is 1. The molecule has 0 unspecified atom stereocenters. The zero-order valence-electron chi connectivity index (χ0n) is 22.1. The van der Waals surface area contributed by atoms with Crippen LogP contribution in [-0.4, -0.2) is 18.0 Å². The number of carbonyl (C=O) groups is 1. The fourth-order valence-electron chi connectivity index (χ4n) is 4.14. The number of hydrogen-bond acceptors (Lipinski definition) is 6. The number of amides is 1. The number of fused-ring (bicyclic) bond motifs is 1. The number of nitrogens with zero attached hydrogens (tertiary/aromatic N) is 2. The van der Waals surface area contributed by atoms with E-state index in [1.807, 2.05) is 49.4 Å². The zero-order valence-corrected chi connectivity index (χ0v) is 22.9. The van der Waals surface area contributed by atoms with Gasteiger partial charge in [0.05, 0.1) is 18.5 Å². The molecule has 3 aromatic carbocycles. The summed E-state index contributed by atoms with van der Waals surface area (Å²) >= 11 is 1.48. The molecular formula is C31H29N3O3S. The third-order valence-electron chi connectivity index (χ3n) is 6.48. The Balaban J connectivity index is 1.57. The van der Waals surface area contributed by atoms with Crippen LogP contribution in [0, 0.1) is 20.8 Å². The lowest BCUT2D eigenvalue weighted by atomic mass is 10.0. The van der Waals surface area contributed by atoms with Crippen LogP contribution >= 0.6 is 11.3 Å². The molecule has 6 nitrogen and oxygen atoms in total. The molecule has 7 heteroatoms. The van der Waals surface area contributed by atoms with Crippen LogP contribution in [0.2, 0.25) is 0 Å². The van der Waals surface area contributed by atoms with Crippen molar-refractivity contribution in [3.63, 3.8) is 0 Å². The van der Waals surface area contributed by atoms with Crippen molar-refractivity contribution in [2.24, 2.45) is 4.99 Å². The predicted octanol–water partition coefficient (Wildman–Crippen LogP) is 7.54. The molecule has 1 N–H and O–H groups in total. The fraction of sp³-hybridized carbons (Fsp3) is 0.194. The minimum absolute atomic E-state index is 0.227. The largest absolute Gasteiger partial charge is 0.497 e. The second-order valence-corrected chi connectivity index (χ2v) is 10.3. The Morgan fingerprint density at radius 2 is 1.79 bits per heavy atom. The maximum atomic E-state index is 13.6. The zero-order chi connectivity index (χ0) is 26.8. The first-order valence-corrected chi connectivity index (χ1v) is 13.3. The van der Waals surface area contributed by atoms with E-state index in [1.165, 1.54) is 22.5 Å². The van der Waals surface area contributed by atoms with E-state index in [2.05, 4.69) is 49.3 Å². The molecule has 0 aliphatic rings. The minimum atomic E-state index is -0.340. The van der Waals surface area contributed by atoms with Gasteiger partial charge in [-0.25, -0.2) is 9.98 Å². The van der Waals surface area contributed by atoms with E-state index in [0.717, 1.165) is 33.5 Å². The number of benzene rings is 3. The van der Waals surface area contributed by atoms with Crippen LogP contribution in [0.5, 0.6) is 5.75 Å². The summed E-state index contributed by atoms with van der Waals surface area (Å²) in [7, 11) is 1.61. The molecule has 0 radical (unpaired) electrons. The standard InChI is InChI=1S/C31H29N3O3S/c1-6-27-28(21-10-9-19(3)20(4)15-21)33-31(38-27)34-29(35)25-17-22-16-24(36-5)13-14-26(22)37-30(25)32-23-11-7-18(2)8-12-23/h7-17H,6H2,1-5H3,(H,33,34,35). The number of aryl methyl sites for hydroxylation is 4. The van der Waals surface area contributed by atoms with Crippen LogP contribution in [0.3, 0.4) is 0 Å². The van der Waals surface area contributed by atoms with Crippen LogP contribution < -0.4 is 15.6 Å². The molecule has 0 bridgehead atoms. The van der Waals surface area contributed by atoms with Gasteiger partial charge in [-0.3, -0.25) is 10.1 Å². The van der Waals surface area contributed by atoms with Gasteiger partial charge in [0.25, 0.3) is 5.91 Å². The molecule has 192 valence electrons. The molecule has 5 aromatic rings. The molecule has 2 aromatic heterocycles. The van der Waals surface area contributed by atoms with E-state index in [4.69, 9.17) is 14.1 Å². The molecular weight excluding hydrogens is 494 g/mol. The Morgan fingerprint density at radius 1 is 1.00 bits per heavy atom. The summed E-state index contributed by atoms with van der Waals surface area (Å²) in [6.07, 6.45) is 0.814. The van der Waals surface area contributed by atoms with Crippen LogP contribution in [0.1, 0.15) is 38.8 Å². The second kappa shape index (κ2) is 10.6. The summed E-state index contributed by atoms with van der Waals surface area (Å²) in [6.45, 7) is 8.30. The normalized spacial score (nSPS) is 11.7. The molecule has 0 saturated heterocycles. The lowest BCUT2D eigenvalue weighted by Gasteiger charge is -2.07. The van der Waals surface area contributed by atoms with E-state index < -0.39 is 0 Å². The Bertz CT molecular complexity index is 1720. The summed E-state index contributed by atoms with van der Waals surface area (Å²) in [6, 6.07) is 21.3. The first-order valence-electron chi connectivity index (χ1n) is 12.5. The van der Waals surface area contributed by atoms with Crippen LogP contribution in [0.25, 0.3) is 22.2 Å². The van der Waals surface area contributed by atoms with Gasteiger partial charge in [-0.2, -0.15) is 0 Å². The molecule has 0 atom stereocenters. The summed E-state index contributed by atoms with van der Waals surface area (Å²) in [4.78, 5) is 24.2. The molecule has 0 aliphatic carbocycles. The summed E-state index contributed by atoms with van der Waals surface area (Å²) in [5.74, 6) is 0.334. The lowest BCUT2D eigenvalue weighted by Crippen LogP contribution is -2.21. The molecule has 1 amide bonds. The van der Waals surface area contributed by atoms with Gasteiger partial charge in [0.1, 0.15) is 16.9 Å². The molecule has 0 fully saturated rings. The highest BCUT2D eigenvalue weighted by Crippen LogP contribution is 2.33. The number of hydrogen-bond donors (Lipinski definition) is 1. The smallest absolute Gasteiger partial charge is 0.262 e. The number of thiazole rings is 1. The van der Waals surface area contributed by atoms with E-state index in [0.29, 0.717) is 27.7 Å². The first-order chi connectivity index (χ1) is 18.3. The van der Waals surface area contributed by atoms with E-state index >= 15 is 0 Å². The van der Waals surface area contributed by atoms with E-state index in [9.17, 15) is 4.79 Å². The number of rotatable bonds is 6. The average Bonchev–Trinajstić information content (AvgIpc) is 3.33. The van der Waals surface area contributed by atoms with Gasteiger partial charge in [0.2, 0.25) is 5.55 Å². The van der Waals surface area contributed by atoms with Crippen molar-refractivity contribution < 1.29 is 13.9 Å². The highest BCUT2D eigenvalue weighted by atomic mass is 32.1. The van der Waals surface area contributed by atoms with Gasteiger partial charge in [-0.15, -0.1) is 11.3 Å². The van der Waals surface area contributed by atoms with Gasteiger partial charge >= 0.3 is 0 Å². The number of methoxy groups -OCH3 is 1. The van der Waals surface area contributed by atoms with E-state index in [1.54, 1.807) is 13.2 Å². The molecule has 5 rings (SSSR count). The summed E-state index contributed by atoms with van der Waals surface area (Å²) in [5, 5.41) is 4.27. The van der Waals surface area contributed by atoms with Crippen molar-refractivity contribution >= 4 is 39.0 Å². The molecule has 0 saturated carbocycles. The highest BCUT2D eigenvalue weighted by molar-refractivity contribution is 7.16. The van der Waals surface area contributed by atoms with Crippen molar-refractivity contribution in [2.45, 2.75) is 34.1 Å². The molecule has 2 heterocycles. The Hall–Kier alpha value is -4.23. The number of anilines is 1. The topological polar surface area (TPSA) is 76.7 Å². The Morgan fingerprint density at radius 3 is 2.50 bits per heavy atom. The molecule has 38 heavy (non-hydrogen) atoms. The maximum absolute atomic E-state index is 13.6. The lowest BCUT2D eigenvalue weighted by molar-refractivity contribution is 0.102. The number of aromatic nitrogens is 1. The second-order valence-electron chi connectivity index (χ2n) is 9.21. The van der Waals surface area contributed by atoms with Crippen LogP contribution in [-0.2, 0) is 6.42 Å². The maximum Gasteiger partial charge on any atom is 0.262 e. The van der Waals surface area contributed by atoms with Gasteiger partial charge in [0, 0.05) is 15.8 Å². The summed E-state index contributed by atoms with van der Waals surface area (Å²) < 4.78 is 11.5. The number of carbonyl (C=O) groups excluding carboxylic acids is 1. The van der Waals surface area contributed by atoms with Gasteiger partial charge < -0.3 is 9.15 Å². The summed E-state index contributed by atoms with van der Waals surface area (Å²) in [5.41, 5.74) is 7.35. The monoisotopic (exact) mass is 523 g/mol. The fourth-order valence-corrected chi connectivity index (χ4v) is 5.06. The average molecular weight is 524 g/mol. The highest BCUT2D eigenvalue weighted by Gasteiger charge is 2.18. The van der Waals surface area contributed by atoms with Crippen LogP contribution in [0.4, 0.5) is 10.8 Å². The molecule has 0 spiro atoms. The van der Waals surface area contributed by atoms with Crippen molar-refractivity contribution in [3.05, 3.63) is 99.4 Å². The Labute approximate surface area is 225 Å². The van der Waals surface area contributed by atoms with Crippen molar-refractivity contribution in [3.8, 4) is 17.0 Å². The van der Waals surface area contributed by atoms with Gasteiger partial charge in [0.15, 0.2) is 5.13 Å². The number of ether oxygens (including phenoxy) is 1. The third kappa shape index (κ3) is 5.24. The molecule has 0 aliphatic heterocycles. The van der Waals surface area contributed by atoms with Crippen LogP contribution in [0.15, 0.2) is 76.1 Å². The van der Waals surface area contributed by atoms with Gasteiger partial charge in [-0.1, -0.05) is 36.8 Å². The van der Waals surface area contributed by atoms with E-state index in [-0.39, 0.29) is 11.5 Å².